The predicted octanol–water partition coefficient (Wildman–Crippen LogP) is 2.77. The zero-order valence-electron chi connectivity index (χ0n) is 13.9. The second-order valence-electron chi connectivity index (χ2n) is 5.65. The molecule has 0 radical (unpaired) electrons. The Labute approximate surface area is 145 Å². The van der Waals surface area contributed by atoms with Crippen molar-refractivity contribution in [2.75, 3.05) is 6.54 Å². The molecular formula is C19H20N2O4. The number of carbonyl (C=O) groups excluding carboxylic acids is 2. The Morgan fingerprint density at radius 1 is 0.880 bits per heavy atom. The fourth-order valence-corrected chi connectivity index (χ4v) is 2.18. The molecule has 0 spiro atoms. The molecule has 3 N–H and O–H groups in total. The van der Waals surface area contributed by atoms with E-state index in [1.165, 1.54) is 12.1 Å². The standard InChI is InChI=1S/C19H20N2O4/c1-13-2-6-15(7-3-13)17(22)10-11-20-19(25)21-12-14-4-8-16(9-5-14)18(23)24/h2-9H,10-12H2,1H3,(H,23,24)(H2,20,21,25). The lowest BCUT2D eigenvalue weighted by atomic mass is 10.1. The highest BCUT2D eigenvalue weighted by Crippen LogP contribution is 2.06. The normalized spacial score (nSPS) is 10.1. The number of rotatable bonds is 7. The minimum atomic E-state index is -0.990. The molecule has 2 rings (SSSR count). The second-order valence-corrected chi connectivity index (χ2v) is 5.65. The van der Waals surface area contributed by atoms with E-state index in [0.717, 1.165) is 11.1 Å². The topological polar surface area (TPSA) is 95.5 Å². The van der Waals surface area contributed by atoms with Gasteiger partial charge in [0.25, 0.3) is 0 Å². The molecule has 0 bridgehead atoms. The largest absolute Gasteiger partial charge is 0.478 e. The fraction of sp³-hybridized carbons (Fsp3) is 0.211. The molecular weight excluding hydrogens is 320 g/mol. The minimum absolute atomic E-state index is 0.0236. The van der Waals surface area contributed by atoms with Crippen molar-refractivity contribution in [1.82, 2.24) is 10.6 Å². The lowest BCUT2D eigenvalue weighted by Crippen LogP contribution is -2.36. The average molecular weight is 340 g/mol. The maximum absolute atomic E-state index is 12.0. The van der Waals surface area contributed by atoms with Gasteiger partial charge < -0.3 is 15.7 Å². The molecule has 0 aliphatic rings. The summed E-state index contributed by atoms with van der Waals surface area (Å²) in [6, 6.07) is 13.2. The van der Waals surface area contributed by atoms with E-state index in [9.17, 15) is 14.4 Å². The van der Waals surface area contributed by atoms with Gasteiger partial charge in [0.15, 0.2) is 5.78 Å². The summed E-state index contributed by atoms with van der Waals surface area (Å²) in [5.74, 6) is -1.01. The molecule has 0 aliphatic heterocycles. The first-order valence-corrected chi connectivity index (χ1v) is 7.89. The summed E-state index contributed by atoms with van der Waals surface area (Å²) >= 11 is 0. The van der Waals surface area contributed by atoms with E-state index in [4.69, 9.17) is 5.11 Å². The Kier molecular flexibility index (Phi) is 6.28. The highest BCUT2D eigenvalue weighted by molar-refractivity contribution is 5.96. The highest BCUT2D eigenvalue weighted by atomic mass is 16.4. The van der Waals surface area contributed by atoms with Crippen LogP contribution < -0.4 is 10.6 Å². The van der Waals surface area contributed by atoms with Crippen LogP contribution in [0.3, 0.4) is 0 Å². The van der Waals surface area contributed by atoms with Crippen molar-refractivity contribution in [2.45, 2.75) is 19.9 Å². The summed E-state index contributed by atoms with van der Waals surface area (Å²) in [6.45, 7) is 2.48. The number of ketones is 1. The van der Waals surface area contributed by atoms with Crippen molar-refractivity contribution in [2.24, 2.45) is 0 Å². The van der Waals surface area contributed by atoms with E-state index in [-0.39, 0.29) is 36.9 Å². The number of carbonyl (C=O) groups is 3. The van der Waals surface area contributed by atoms with Gasteiger partial charge in [-0.1, -0.05) is 42.0 Å². The van der Waals surface area contributed by atoms with Gasteiger partial charge in [-0.15, -0.1) is 0 Å². The summed E-state index contributed by atoms with van der Waals surface area (Å²) in [6.07, 6.45) is 0.226. The van der Waals surface area contributed by atoms with Crippen molar-refractivity contribution in [3.8, 4) is 0 Å². The Bertz CT molecular complexity index is 752. The van der Waals surface area contributed by atoms with Gasteiger partial charge in [0.05, 0.1) is 5.56 Å². The number of amides is 2. The van der Waals surface area contributed by atoms with Crippen LogP contribution in [0.4, 0.5) is 4.79 Å². The van der Waals surface area contributed by atoms with Crippen LogP contribution in [0.25, 0.3) is 0 Å². The van der Waals surface area contributed by atoms with Gasteiger partial charge in [0, 0.05) is 25.1 Å². The summed E-state index contributed by atoms with van der Waals surface area (Å²) in [5.41, 5.74) is 2.70. The molecule has 2 amide bonds. The van der Waals surface area contributed by atoms with Gasteiger partial charge in [-0.25, -0.2) is 9.59 Å². The molecule has 0 saturated heterocycles. The van der Waals surface area contributed by atoms with Crippen LogP contribution in [0.5, 0.6) is 0 Å². The van der Waals surface area contributed by atoms with Gasteiger partial charge in [-0.2, -0.15) is 0 Å². The van der Waals surface area contributed by atoms with Crippen molar-refractivity contribution < 1.29 is 19.5 Å². The van der Waals surface area contributed by atoms with Crippen molar-refractivity contribution >= 4 is 17.8 Å². The molecule has 0 atom stereocenters. The fourth-order valence-electron chi connectivity index (χ4n) is 2.18. The third-order valence-electron chi connectivity index (χ3n) is 3.67. The van der Waals surface area contributed by atoms with E-state index in [1.54, 1.807) is 24.3 Å². The first kappa shape index (κ1) is 18.2. The Morgan fingerprint density at radius 3 is 2.08 bits per heavy atom. The lowest BCUT2D eigenvalue weighted by molar-refractivity contribution is 0.0696. The van der Waals surface area contributed by atoms with Gasteiger partial charge in [0.2, 0.25) is 0 Å². The highest BCUT2D eigenvalue weighted by Gasteiger charge is 2.07. The van der Waals surface area contributed by atoms with Gasteiger partial charge in [-0.3, -0.25) is 4.79 Å². The van der Waals surface area contributed by atoms with Gasteiger partial charge in [0.1, 0.15) is 0 Å². The number of aromatic carboxylic acids is 1. The van der Waals surface area contributed by atoms with Crippen molar-refractivity contribution in [3.05, 3.63) is 70.8 Å². The molecule has 6 heteroatoms. The van der Waals surface area contributed by atoms with Gasteiger partial charge >= 0.3 is 12.0 Å². The van der Waals surface area contributed by atoms with Crippen LogP contribution in [0.15, 0.2) is 48.5 Å². The number of carboxylic acids is 1. The SMILES string of the molecule is Cc1ccc(C(=O)CCNC(=O)NCc2ccc(C(=O)O)cc2)cc1. The van der Waals surface area contributed by atoms with Crippen LogP contribution in [0, 0.1) is 6.92 Å². The quantitative estimate of drug-likeness (QED) is 0.675. The average Bonchev–Trinajstić information content (AvgIpc) is 2.60. The Balaban J connectivity index is 1.70. The molecule has 0 fully saturated rings. The third-order valence-corrected chi connectivity index (χ3v) is 3.67. The number of hydrogen-bond acceptors (Lipinski definition) is 3. The summed E-state index contributed by atoms with van der Waals surface area (Å²) < 4.78 is 0. The zero-order chi connectivity index (χ0) is 18.2. The smallest absolute Gasteiger partial charge is 0.335 e. The number of hydrogen-bond donors (Lipinski definition) is 3. The van der Waals surface area contributed by atoms with Crippen LogP contribution in [0.1, 0.15) is 38.3 Å². The number of aryl methyl sites for hydroxylation is 1. The van der Waals surface area contributed by atoms with E-state index >= 15 is 0 Å². The van der Waals surface area contributed by atoms with E-state index in [2.05, 4.69) is 10.6 Å². The van der Waals surface area contributed by atoms with E-state index in [1.807, 2.05) is 19.1 Å². The molecule has 0 heterocycles. The van der Waals surface area contributed by atoms with E-state index in [0.29, 0.717) is 5.56 Å². The molecule has 25 heavy (non-hydrogen) atoms. The Morgan fingerprint density at radius 2 is 1.48 bits per heavy atom. The van der Waals surface area contributed by atoms with Gasteiger partial charge in [-0.05, 0) is 24.6 Å². The monoisotopic (exact) mass is 340 g/mol. The molecule has 0 aliphatic carbocycles. The molecule has 0 aromatic heterocycles. The summed E-state index contributed by atoms with van der Waals surface area (Å²) in [7, 11) is 0. The minimum Gasteiger partial charge on any atom is -0.478 e. The van der Waals surface area contributed by atoms with E-state index < -0.39 is 5.97 Å². The summed E-state index contributed by atoms with van der Waals surface area (Å²) in [4.78, 5) is 34.5. The van der Waals surface area contributed by atoms with Crippen LogP contribution in [-0.4, -0.2) is 29.4 Å². The molecule has 0 saturated carbocycles. The first-order chi connectivity index (χ1) is 12.0. The number of benzene rings is 2. The first-order valence-electron chi connectivity index (χ1n) is 7.89. The van der Waals surface area contributed by atoms with Crippen LogP contribution in [0.2, 0.25) is 0 Å². The van der Waals surface area contributed by atoms with Crippen molar-refractivity contribution in [1.29, 1.82) is 0 Å². The summed E-state index contributed by atoms with van der Waals surface area (Å²) in [5, 5.41) is 14.1. The molecule has 2 aromatic carbocycles. The maximum atomic E-state index is 12.0. The second kappa shape index (κ2) is 8.63. The number of nitrogens with one attached hydrogen (secondary N) is 2. The molecule has 6 nitrogen and oxygen atoms in total. The molecule has 0 unspecified atom stereocenters. The van der Waals surface area contributed by atoms with Crippen LogP contribution >= 0.6 is 0 Å². The Hall–Kier alpha value is -3.15. The number of carboxylic acid groups (broad SMARTS) is 1. The number of urea groups is 1. The zero-order valence-corrected chi connectivity index (χ0v) is 13.9. The van der Waals surface area contributed by atoms with Crippen LogP contribution in [-0.2, 0) is 6.54 Å². The number of Topliss-reactive ketones (excluding diaryl/α,β-unsaturated/α-hetero) is 1. The third kappa shape index (κ3) is 5.76. The molecule has 130 valence electrons. The molecule has 2 aromatic rings. The lowest BCUT2D eigenvalue weighted by Gasteiger charge is -2.08. The predicted molar refractivity (Wildman–Crippen MR) is 93.8 cm³/mol. The van der Waals surface area contributed by atoms with Crippen molar-refractivity contribution in [3.63, 3.8) is 0 Å². The maximum Gasteiger partial charge on any atom is 0.335 e.